The molecule has 0 aliphatic rings. The summed E-state index contributed by atoms with van der Waals surface area (Å²) in [6.45, 7) is 3.39. The van der Waals surface area contributed by atoms with Crippen LogP contribution in [0.1, 0.15) is 26.7 Å². The van der Waals surface area contributed by atoms with Crippen LogP contribution in [0, 0.1) is 5.92 Å². The summed E-state index contributed by atoms with van der Waals surface area (Å²) in [7, 11) is 0. The van der Waals surface area contributed by atoms with E-state index in [0.29, 0.717) is 6.42 Å². The number of carboxylic acid groups (broad SMARTS) is 1. The zero-order valence-electron chi connectivity index (χ0n) is 12.1. The van der Waals surface area contributed by atoms with Gasteiger partial charge in [-0.3, -0.25) is 14.4 Å². The van der Waals surface area contributed by atoms with E-state index >= 15 is 0 Å². The first-order valence-corrected chi connectivity index (χ1v) is 6.48. The molecule has 0 rings (SSSR count). The molecule has 0 unspecified atom stereocenters. The second-order valence-corrected chi connectivity index (χ2v) is 5.02. The summed E-state index contributed by atoms with van der Waals surface area (Å²) in [6, 6.07) is -2.35. The van der Waals surface area contributed by atoms with E-state index in [9.17, 15) is 19.2 Å². The lowest BCUT2D eigenvalue weighted by Crippen LogP contribution is -2.53. The average molecular weight is 302 g/mol. The van der Waals surface area contributed by atoms with E-state index in [4.69, 9.17) is 16.6 Å². The van der Waals surface area contributed by atoms with E-state index in [1.165, 1.54) is 0 Å². The molecule has 0 aromatic rings. The maximum absolute atomic E-state index is 12.0. The van der Waals surface area contributed by atoms with Gasteiger partial charge >= 0.3 is 5.97 Å². The van der Waals surface area contributed by atoms with Crippen molar-refractivity contribution in [3.8, 4) is 0 Å². The average Bonchev–Trinajstić information content (AvgIpc) is 2.35. The first-order chi connectivity index (χ1) is 9.67. The number of nitrogens with one attached hydrogen (secondary N) is 2. The molecule has 7 N–H and O–H groups in total. The molecule has 3 amide bonds. The monoisotopic (exact) mass is 302 g/mol. The zero-order chi connectivity index (χ0) is 16.6. The maximum atomic E-state index is 12.0. The van der Waals surface area contributed by atoms with Crippen LogP contribution in [-0.2, 0) is 19.2 Å². The summed E-state index contributed by atoms with van der Waals surface area (Å²) >= 11 is 0. The number of carbonyl (C=O) groups excluding carboxylic acids is 3. The minimum Gasteiger partial charge on any atom is -0.480 e. The highest BCUT2D eigenvalue weighted by Crippen LogP contribution is 2.06. The molecule has 0 heterocycles. The van der Waals surface area contributed by atoms with Crippen LogP contribution in [0.5, 0.6) is 0 Å². The Morgan fingerprint density at radius 1 is 1.10 bits per heavy atom. The highest BCUT2D eigenvalue weighted by molar-refractivity contribution is 5.92. The van der Waals surface area contributed by atoms with Gasteiger partial charge in [-0.1, -0.05) is 13.8 Å². The van der Waals surface area contributed by atoms with E-state index in [2.05, 4.69) is 10.6 Å². The number of primary amides is 1. The number of aliphatic carboxylic acids is 1. The fourth-order valence-electron chi connectivity index (χ4n) is 1.63. The van der Waals surface area contributed by atoms with E-state index in [1.807, 2.05) is 13.8 Å². The zero-order valence-corrected chi connectivity index (χ0v) is 12.1. The highest BCUT2D eigenvalue weighted by atomic mass is 16.4. The van der Waals surface area contributed by atoms with Crippen molar-refractivity contribution in [2.24, 2.45) is 17.4 Å². The molecule has 0 aromatic heterocycles. The van der Waals surface area contributed by atoms with Crippen LogP contribution in [0.4, 0.5) is 0 Å². The Morgan fingerprint density at radius 3 is 2.05 bits per heavy atom. The lowest BCUT2D eigenvalue weighted by molar-refractivity contribution is -0.143. The predicted molar refractivity (Wildman–Crippen MR) is 73.8 cm³/mol. The van der Waals surface area contributed by atoms with Crippen molar-refractivity contribution >= 4 is 23.7 Å². The van der Waals surface area contributed by atoms with Gasteiger partial charge in [0.05, 0.1) is 13.0 Å². The third-order valence-corrected chi connectivity index (χ3v) is 2.56. The number of carboxylic acids is 1. The van der Waals surface area contributed by atoms with Crippen molar-refractivity contribution in [1.29, 1.82) is 0 Å². The molecule has 0 radical (unpaired) electrons. The molecule has 0 saturated carbocycles. The topological polar surface area (TPSA) is 165 Å². The molecule has 0 bridgehead atoms. The lowest BCUT2D eigenvalue weighted by Gasteiger charge is -2.22. The molecule has 0 spiro atoms. The number of carbonyl (C=O) groups is 4. The van der Waals surface area contributed by atoms with Gasteiger partial charge in [-0.25, -0.2) is 4.79 Å². The van der Waals surface area contributed by atoms with Crippen LogP contribution in [0.25, 0.3) is 0 Å². The Labute approximate surface area is 122 Å². The molecule has 2 atom stereocenters. The number of amides is 3. The molecule has 0 aliphatic heterocycles. The van der Waals surface area contributed by atoms with Crippen LogP contribution in [0.3, 0.4) is 0 Å². The van der Waals surface area contributed by atoms with Crippen molar-refractivity contribution in [2.75, 3.05) is 6.54 Å². The first kappa shape index (κ1) is 18.8. The predicted octanol–water partition coefficient (Wildman–Crippen LogP) is -2.08. The van der Waals surface area contributed by atoms with E-state index in [0.717, 1.165) is 0 Å². The summed E-state index contributed by atoms with van der Waals surface area (Å²) in [4.78, 5) is 45.1. The number of hydrogen-bond donors (Lipinski definition) is 5. The van der Waals surface area contributed by atoms with Crippen LogP contribution in [0.15, 0.2) is 0 Å². The second kappa shape index (κ2) is 8.90. The SMILES string of the molecule is CC(C)C[C@H](NC(=O)CN)C(=O)N[C@@H](CC(N)=O)C(=O)O. The van der Waals surface area contributed by atoms with Crippen LogP contribution < -0.4 is 22.1 Å². The van der Waals surface area contributed by atoms with Gasteiger partial charge in [-0.05, 0) is 12.3 Å². The third-order valence-electron chi connectivity index (χ3n) is 2.56. The van der Waals surface area contributed by atoms with Crippen LogP contribution in [-0.4, -0.2) is 47.4 Å². The smallest absolute Gasteiger partial charge is 0.326 e. The van der Waals surface area contributed by atoms with Gasteiger partial charge in [0.25, 0.3) is 0 Å². The fraction of sp³-hybridized carbons (Fsp3) is 0.667. The van der Waals surface area contributed by atoms with Crippen molar-refractivity contribution in [1.82, 2.24) is 10.6 Å². The Balaban J connectivity index is 4.87. The molecule has 0 fully saturated rings. The van der Waals surface area contributed by atoms with Crippen molar-refractivity contribution in [3.63, 3.8) is 0 Å². The first-order valence-electron chi connectivity index (χ1n) is 6.48. The molecule has 0 saturated heterocycles. The van der Waals surface area contributed by atoms with Gasteiger partial charge in [-0.15, -0.1) is 0 Å². The Bertz CT molecular complexity index is 410. The van der Waals surface area contributed by atoms with Gasteiger partial charge in [0.1, 0.15) is 12.1 Å². The van der Waals surface area contributed by atoms with Gasteiger partial charge in [0.15, 0.2) is 0 Å². The lowest BCUT2D eigenvalue weighted by atomic mass is 10.0. The molecule has 120 valence electrons. The standard InChI is InChI=1S/C12H22N4O5/c1-6(2)3-7(15-10(18)5-13)11(19)16-8(12(20)21)4-9(14)17/h6-8H,3-5,13H2,1-2H3,(H2,14,17)(H,15,18)(H,16,19)(H,20,21)/t7-,8-/m0/s1. The molecule has 0 aliphatic carbocycles. The minimum atomic E-state index is -1.43. The Morgan fingerprint density at radius 2 is 1.67 bits per heavy atom. The van der Waals surface area contributed by atoms with Crippen molar-refractivity contribution in [2.45, 2.75) is 38.8 Å². The van der Waals surface area contributed by atoms with Crippen molar-refractivity contribution < 1.29 is 24.3 Å². The van der Waals surface area contributed by atoms with E-state index < -0.39 is 42.2 Å². The molecule has 0 aromatic carbocycles. The quantitative estimate of drug-likeness (QED) is 0.328. The summed E-state index contributed by atoms with van der Waals surface area (Å²) in [5, 5.41) is 13.5. The Hall–Kier alpha value is -2.16. The van der Waals surface area contributed by atoms with Gasteiger partial charge in [0, 0.05) is 0 Å². The largest absolute Gasteiger partial charge is 0.480 e. The maximum Gasteiger partial charge on any atom is 0.326 e. The van der Waals surface area contributed by atoms with E-state index in [-0.39, 0.29) is 12.5 Å². The number of nitrogens with two attached hydrogens (primary N) is 2. The summed E-state index contributed by atoms with van der Waals surface area (Å²) in [6.07, 6.45) is -0.221. The molecule has 9 nitrogen and oxygen atoms in total. The fourth-order valence-corrected chi connectivity index (χ4v) is 1.63. The highest BCUT2D eigenvalue weighted by Gasteiger charge is 2.27. The van der Waals surface area contributed by atoms with Gasteiger partial charge in [-0.2, -0.15) is 0 Å². The Kier molecular flexibility index (Phi) is 7.99. The van der Waals surface area contributed by atoms with Crippen LogP contribution in [0.2, 0.25) is 0 Å². The number of rotatable bonds is 9. The minimum absolute atomic E-state index is 0.0817. The summed E-state index contributed by atoms with van der Waals surface area (Å²) in [5.74, 6) is -3.38. The van der Waals surface area contributed by atoms with Gasteiger partial charge < -0.3 is 27.2 Å². The van der Waals surface area contributed by atoms with Crippen molar-refractivity contribution in [3.05, 3.63) is 0 Å². The third kappa shape index (κ3) is 7.88. The summed E-state index contributed by atoms with van der Waals surface area (Å²) < 4.78 is 0. The second-order valence-electron chi connectivity index (χ2n) is 5.02. The van der Waals surface area contributed by atoms with Crippen LogP contribution >= 0.6 is 0 Å². The number of hydrogen-bond acceptors (Lipinski definition) is 5. The van der Waals surface area contributed by atoms with E-state index in [1.54, 1.807) is 0 Å². The normalized spacial score (nSPS) is 13.3. The molecular formula is C12H22N4O5. The molecular weight excluding hydrogens is 280 g/mol. The summed E-state index contributed by atoms with van der Waals surface area (Å²) in [5.41, 5.74) is 10.1. The molecule has 9 heteroatoms. The molecule has 21 heavy (non-hydrogen) atoms. The van der Waals surface area contributed by atoms with Gasteiger partial charge in [0.2, 0.25) is 17.7 Å².